The van der Waals surface area contributed by atoms with E-state index in [4.69, 9.17) is 4.74 Å². The molecular weight excluding hydrogens is 382 g/mol. The maximum atomic E-state index is 13.4. The minimum atomic E-state index is -1.24. The summed E-state index contributed by atoms with van der Waals surface area (Å²) in [5.74, 6) is -2.58. The molecule has 0 N–H and O–H groups in total. The molecule has 0 radical (unpaired) electrons. The van der Waals surface area contributed by atoms with Crippen molar-refractivity contribution in [1.29, 1.82) is 0 Å². The van der Waals surface area contributed by atoms with Gasteiger partial charge in [-0.2, -0.15) is 0 Å². The molecular formula is C24H21NO5. The largest absolute Gasteiger partial charge is 0.497 e. The Kier molecular flexibility index (Phi) is 6.70. The van der Waals surface area contributed by atoms with Crippen LogP contribution >= 0.6 is 0 Å². The smallest absolute Gasteiger partial charge is 0.211 e. The Bertz CT molecular complexity index is 982. The normalized spacial score (nSPS) is 11.7. The van der Waals surface area contributed by atoms with Gasteiger partial charge < -0.3 is 4.74 Å². The first-order valence-corrected chi connectivity index (χ1v) is 9.45. The summed E-state index contributed by atoms with van der Waals surface area (Å²) in [6.07, 6.45) is 0. The molecule has 0 saturated heterocycles. The van der Waals surface area contributed by atoms with Crippen molar-refractivity contribution in [1.82, 2.24) is 0 Å². The van der Waals surface area contributed by atoms with Crippen molar-refractivity contribution in [2.45, 2.75) is 5.92 Å². The number of carbonyl (C=O) groups excluding carboxylic acids is 2. The lowest BCUT2D eigenvalue weighted by Gasteiger charge is -2.23. The van der Waals surface area contributed by atoms with Gasteiger partial charge in [0.15, 0.2) is 11.6 Å². The Hall–Kier alpha value is -3.80. The molecule has 0 aliphatic heterocycles. The fourth-order valence-corrected chi connectivity index (χ4v) is 3.48. The molecule has 1 atom stereocenters. The molecule has 3 rings (SSSR count). The van der Waals surface area contributed by atoms with Gasteiger partial charge in [-0.3, -0.25) is 19.7 Å². The summed E-state index contributed by atoms with van der Waals surface area (Å²) in [7, 11) is 1.49. The maximum Gasteiger partial charge on any atom is 0.211 e. The van der Waals surface area contributed by atoms with Gasteiger partial charge in [0.05, 0.1) is 18.9 Å². The van der Waals surface area contributed by atoms with Crippen LogP contribution in [0.15, 0.2) is 84.9 Å². The van der Waals surface area contributed by atoms with Crippen LogP contribution in [0.5, 0.6) is 5.75 Å². The molecule has 0 unspecified atom stereocenters. The van der Waals surface area contributed by atoms with Crippen molar-refractivity contribution < 1.29 is 19.2 Å². The zero-order valence-electron chi connectivity index (χ0n) is 16.4. The van der Waals surface area contributed by atoms with Crippen LogP contribution in [0.3, 0.4) is 0 Å². The van der Waals surface area contributed by atoms with Gasteiger partial charge in [0.1, 0.15) is 5.75 Å². The van der Waals surface area contributed by atoms with Crippen molar-refractivity contribution in [3.05, 3.63) is 112 Å². The van der Waals surface area contributed by atoms with E-state index >= 15 is 0 Å². The highest BCUT2D eigenvalue weighted by Crippen LogP contribution is 2.33. The molecule has 0 aliphatic carbocycles. The standard InChI is InChI=1S/C24H21NO5/c1-30-20-14-8-13-19(15-20)21(16-25(28)29)22(23(26)17-9-4-2-5-10-17)24(27)18-11-6-3-7-12-18/h2-15,21-22H,16H2,1H3/t21-/m0/s1. The highest BCUT2D eigenvalue weighted by molar-refractivity contribution is 6.16. The van der Waals surface area contributed by atoms with E-state index in [0.717, 1.165) is 0 Å². The molecule has 0 aromatic heterocycles. The first kappa shape index (κ1) is 20.9. The fourth-order valence-electron chi connectivity index (χ4n) is 3.48. The number of Topliss-reactive ketones (excluding diaryl/α,β-unsaturated/α-hetero) is 2. The summed E-state index contributed by atoms with van der Waals surface area (Å²) in [6, 6.07) is 23.5. The summed E-state index contributed by atoms with van der Waals surface area (Å²) in [4.78, 5) is 37.9. The van der Waals surface area contributed by atoms with Crippen molar-refractivity contribution >= 4 is 11.6 Å². The third kappa shape index (κ3) is 4.78. The number of methoxy groups -OCH3 is 1. The molecule has 152 valence electrons. The molecule has 0 bridgehead atoms. The highest BCUT2D eigenvalue weighted by atomic mass is 16.6. The molecule has 3 aromatic rings. The van der Waals surface area contributed by atoms with E-state index < -0.39 is 34.9 Å². The van der Waals surface area contributed by atoms with E-state index in [1.165, 1.54) is 7.11 Å². The predicted octanol–water partition coefficient (Wildman–Crippen LogP) is 4.44. The molecule has 30 heavy (non-hydrogen) atoms. The monoisotopic (exact) mass is 403 g/mol. The van der Waals surface area contributed by atoms with Crippen LogP contribution < -0.4 is 4.74 Å². The van der Waals surface area contributed by atoms with Crippen molar-refractivity contribution in [2.75, 3.05) is 13.7 Å². The fraction of sp³-hybridized carbons (Fsp3) is 0.167. The van der Waals surface area contributed by atoms with E-state index in [1.54, 1.807) is 84.9 Å². The second kappa shape index (κ2) is 9.60. The van der Waals surface area contributed by atoms with Crippen molar-refractivity contribution in [3.63, 3.8) is 0 Å². The molecule has 0 aliphatic rings. The molecule has 0 heterocycles. The van der Waals surface area contributed by atoms with E-state index in [2.05, 4.69) is 0 Å². The Morgan fingerprint density at radius 3 is 1.87 bits per heavy atom. The Morgan fingerprint density at radius 1 is 0.867 bits per heavy atom. The van der Waals surface area contributed by atoms with E-state index in [-0.39, 0.29) is 0 Å². The molecule has 3 aromatic carbocycles. The number of carbonyl (C=O) groups is 2. The van der Waals surface area contributed by atoms with E-state index in [9.17, 15) is 19.7 Å². The lowest BCUT2D eigenvalue weighted by Crippen LogP contribution is -2.34. The Labute approximate surface area is 174 Å². The lowest BCUT2D eigenvalue weighted by molar-refractivity contribution is -0.484. The second-order valence-corrected chi connectivity index (χ2v) is 6.84. The third-order valence-corrected chi connectivity index (χ3v) is 4.95. The molecule has 0 amide bonds. The van der Waals surface area contributed by atoms with Gasteiger partial charge in [-0.1, -0.05) is 72.8 Å². The molecule has 6 heteroatoms. The highest BCUT2D eigenvalue weighted by Gasteiger charge is 2.39. The summed E-state index contributed by atoms with van der Waals surface area (Å²) >= 11 is 0. The van der Waals surface area contributed by atoms with Crippen molar-refractivity contribution in [2.24, 2.45) is 5.92 Å². The summed E-state index contributed by atoms with van der Waals surface area (Å²) in [5.41, 5.74) is 1.18. The number of ether oxygens (including phenoxy) is 1. The number of ketones is 2. The quantitative estimate of drug-likeness (QED) is 0.228. The minimum absolute atomic E-state index is 0.336. The maximum absolute atomic E-state index is 13.4. The van der Waals surface area contributed by atoms with E-state index in [0.29, 0.717) is 22.4 Å². The number of rotatable bonds is 9. The van der Waals surface area contributed by atoms with Gasteiger partial charge in [-0.05, 0) is 17.7 Å². The topological polar surface area (TPSA) is 86.5 Å². The average Bonchev–Trinajstić information content (AvgIpc) is 2.79. The first-order valence-electron chi connectivity index (χ1n) is 9.45. The van der Waals surface area contributed by atoms with Crippen LogP contribution in [0, 0.1) is 16.0 Å². The average molecular weight is 403 g/mol. The van der Waals surface area contributed by atoms with Crippen LogP contribution in [-0.2, 0) is 0 Å². The minimum Gasteiger partial charge on any atom is -0.497 e. The molecule has 0 fully saturated rings. The first-order chi connectivity index (χ1) is 14.5. The SMILES string of the molecule is COc1cccc([C@H](C[N+](=O)[O-])C(C(=O)c2ccccc2)C(=O)c2ccccc2)c1. The van der Waals surface area contributed by atoms with Gasteiger partial charge in [0.25, 0.3) is 0 Å². The zero-order chi connectivity index (χ0) is 21.5. The zero-order valence-corrected chi connectivity index (χ0v) is 16.4. The van der Waals surface area contributed by atoms with Crippen LogP contribution in [0.4, 0.5) is 0 Å². The van der Waals surface area contributed by atoms with Crippen LogP contribution in [0.1, 0.15) is 32.2 Å². The van der Waals surface area contributed by atoms with Gasteiger partial charge in [-0.25, -0.2) is 0 Å². The van der Waals surface area contributed by atoms with Gasteiger partial charge in [0.2, 0.25) is 6.54 Å². The molecule has 6 nitrogen and oxygen atoms in total. The van der Waals surface area contributed by atoms with E-state index in [1.807, 2.05) is 0 Å². The number of benzene rings is 3. The Balaban J connectivity index is 2.14. The Morgan fingerprint density at radius 2 is 1.40 bits per heavy atom. The second-order valence-electron chi connectivity index (χ2n) is 6.84. The third-order valence-electron chi connectivity index (χ3n) is 4.95. The molecule has 0 saturated carbocycles. The van der Waals surface area contributed by atoms with Gasteiger partial charge in [0, 0.05) is 16.1 Å². The number of nitrogens with zero attached hydrogens (tertiary/aromatic N) is 1. The summed E-state index contributed by atoms with van der Waals surface area (Å²) in [6.45, 7) is -0.561. The summed E-state index contributed by atoms with van der Waals surface area (Å²) < 4.78 is 5.24. The van der Waals surface area contributed by atoms with Gasteiger partial charge in [-0.15, -0.1) is 0 Å². The van der Waals surface area contributed by atoms with Crippen molar-refractivity contribution in [3.8, 4) is 5.75 Å². The number of nitro groups is 1. The molecule has 0 spiro atoms. The lowest BCUT2D eigenvalue weighted by atomic mass is 9.77. The van der Waals surface area contributed by atoms with Gasteiger partial charge >= 0.3 is 0 Å². The van der Waals surface area contributed by atoms with Crippen LogP contribution in [0.25, 0.3) is 0 Å². The van der Waals surface area contributed by atoms with Crippen LogP contribution in [0.2, 0.25) is 0 Å². The number of hydrogen-bond acceptors (Lipinski definition) is 5. The summed E-state index contributed by atoms with van der Waals surface area (Å²) in [5, 5.41) is 11.5. The predicted molar refractivity (Wildman–Crippen MR) is 113 cm³/mol. The number of hydrogen-bond donors (Lipinski definition) is 0. The van der Waals surface area contributed by atoms with Crippen LogP contribution in [-0.4, -0.2) is 30.1 Å².